The van der Waals surface area contributed by atoms with Crippen molar-refractivity contribution in [2.24, 2.45) is 0 Å². The van der Waals surface area contributed by atoms with E-state index in [1.807, 2.05) is 12.1 Å². The standard InChI is InChI=1S/C16H18Cl2FNS/c1-2-8-20-12(10-13-6-7-15(18)21-13)9-11-4-3-5-14(17)16(11)19/h3-7,12,20H,2,8-10H2,1H3. The summed E-state index contributed by atoms with van der Waals surface area (Å²) in [6, 6.07) is 9.27. The molecule has 0 saturated carbocycles. The van der Waals surface area contributed by atoms with Gasteiger partial charge in [0.05, 0.1) is 9.36 Å². The molecule has 21 heavy (non-hydrogen) atoms. The van der Waals surface area contributed by atoms with Crippen LogP contribution in [0.2, 0.25) is 9.36 Å². The van der Waals surface area contributed by atoms with Crippen molar-refractivity contribution in [3.8, 4) is 0 Å². The fourth-order valence-electron chi connectivity index (χ4n) is 2.24. The molecule has 5 heteroatoms. The molecule has 0 aliphatic heterocycles. The Balaban J connectivity index is 2.10. The minimum absolute atomic E-state index is 0.174. The molecule has 1 heterocycles. The third-order valence-electron chi connectivity index (χ3n) is 3.26. The summed E-state index contributed by atoms with van der Waals surface area (Å²) in [6.45, 7) is 3.03. The first-order chi connectivity index (χ1) is 10.1. The topological polar surface area (TPSA) is 12.0 Å². The molecule has 2 rings (SSSR count). The highest BCUT2D eigenvalue weighted by Gasteiger charge is 2.15. The molecule has 0 spiro atoms. The lowest BCUT2D eigenvalue weighted by Crippen LogP contribution is -2.33. The highest BCUT2D eigenvalue weighted by atomic mass is 35.5. The molecule has 0 aliphatic carbocycles. The maximum atomic E-state index is 14.0. The summed E-state index contributed by atoms with van der Waals surface area (Å²) < 4.78 is 14.8. The molecular weight excluding hydrogens is 328 g/mol. The monoisotopic (exact) mass is 345 g/mol. The SMILES string of the molecule is CCCNC(Cc1ccc(Cl)s1)Cc1cccc(Cl)c1F. The van der Waals surface area contributed by atoms with Crippen molar-refractivity contribution in [2.75, 3.05) is 6.54 Å². The molecule has 1 aromatic heterocycles. The number of halogens is 3. The van der Waals surface area contributed by atoms with Crippen LogP contribution in [-0.4, -0.2) is 12.6 Å². The summed E-state index contributed by atoms with van der Waals surface area (Å²) in [5.41, 5.74) is 0.652. The van der Waals surface area contributed by atoms with Crippen molar-refractivity contribution >= 4 is 34.5 Å². The van der Waals surface area contributed by atoms with Crippen LogP contribution < -0.4 is 5.32 Å². The molecular formula is C16H18Cl2FNS. The van der Waals surface area contributed by atoms with E-state index in [4.69, 9.17) is 23.2 Å². The van der Waals surface area contributed by atoms with Crippen LogP contribution >= 0.6 is 34.5 Å². The van der Waals surface area contributed by atoms with Gasteiger partial charge >= 0.3 is 0 Å². The van der Waals surface area contributed by atoms with E-state index in [2.05, 4.69) is 12.2 Å². The second kappa shape index (κ2) is 8.14. The van der Waals surface area contributed by atoms with Gasteiger partial charge < -0.3 is 5.32 Å². The van der Waals surface area contributed by atoms with Gasteiger partial charge in [0.2, 0.25) is 0 Å². The Bertz CT molecular complexity index is 585. The number of nitrogens with one attached hydrogen (secondary N) is 1. The molecule has 1 nitrogen and oxygen atoms in total. The van der Waals surface area contributed by atoms with E-state index >= 15 is 0 Å². The Morgan fingerprint density at radius 1 is 1.19 bits per heavy atom. The number of benzene rings is 1. The van der Waals surface area contributed by atoms with Gasteiger partial charge in [-0.2, -0.15) is 0 Å². The van der Waals surface area contributed by atoms with E-state index in [1.165, 1.54) is 4.88 Å². The van der Waals surface area contributed by atoms with Gasteiger partial charge in [0.1, 0.15) is 5.82 Å². The Hall–Kier alpha value is -0.610. The van der Waals surface area contributed by atoms with Crippen LogP contribution in [0.25, 0.3) is 0 Å². The number of hydrogen-bond acceptors (Lipinski definition) is 2. The van der Waals surface area contributed by atoms with Crippen molar-refractivity contribution < 1.29 is 4.39 Å². The molecule has 0 radical (unpaired) electrons. The Labute approximate surface area is 139 Å². The smallest absolute Gasteiger partial charge is 0.145 e. The minimum atomic E-state index is -0.313. The highest BCUT2D eigenvalue weighted by Crippen LogP contribution is 2.24. The Kier molecular flexibility index (Phi) is 6.49. The molecule has 1 aromatic carbocycles. The molecule has 1 atom stereocenters. The maximum Gasteiger partial charge on any atom is 0.145 e. The second-order valence-electron chi connectivity index (χ2n) is 4.98. The van der Waals surface area contributed by atoms with Crippen LogP contribution in [0.5, 0.6) is 0 Å². The lowest BCUT2D eigenvalue weighted by atomic mass is 10.0. The van der Waals surface area contributed by atoms with Crippen molar-refractivity contribution in [1.29, 1.82) is 0 Å². The van der Waals surface area contributed by atoms with E-state index in [9.17, 15) is 4.39 Å². The van der Waals surface area contributed by atoms with Gasteiger partial charge in [0, 0.05) is 10.9 Å². The summed E-state index contributed by atoms with van der Waals surface area (Å²) in [5.74, 6) is -0.313. The van der Waals surface area contributed by atoms with Gasteiger partial charge in [0.15, 0.2) is 0 Å². The van der Waals surface area contributed by atoms with E-state index in [1.54, 1.807) is 29.5 Å². The summed E-state index contributed by atoms with van der Waals surface area (Å²) in [7, 11) is 0. The lowest BCUT2D eigenvalue weighted by Gasteiger charge is -2.18. The zero-order valence-electron chi connectivity index (χ0n) is 11.8. The predicted molar refractivity (Wildman–Crippen MR) is 90.2 cm³/mol. The average Bonchev–Trinajstić information content (AvgIpc) is 2.86. The average molecular weight is 346 g/mol. The van der Waals surface area contributed by atoms with Gasteiger partial charge in [-0.15, -0.1) is 11.3 Å². The fourth-order valence-corrected chi connectivity index (χ4v) is 3.60. The van der Waals surface area contributed by atoms with Crippen LogP contribution in [0.3, 0.4) is 0 Å². The van der Waals surface area contributed by atoms with Crippen molar-refractivity contribution in [3.05, 3.63) is 55.9 Å². The molecule has 1 N–H and O–H groups in total. The summed E-state index contributed by atoms with van der Waals surface area (Å²) in [5, 5.41) is 3.66. The summed E-state index contributed by atoms with van der Waals surface area (Å²) >= 11 is 13.4. The molecule has 1 unspecified atom stereocenters. The maximum absolute atomic E-state index is 14.0. The number of rotatable bonds is 7. The van der Waals surface area contributed by atoms with Crippen molar-refractivity contribution in [1.82, 2.24) is 5.32 Å². The molecule has 0 saturated heterocycles. The summed E-state index contributed by atoms with van der Waals surface area (Å²) in [4.78, 5) is 1.20. The zero-order chi connectivity index (χ0) is 15.2. The van der Waals surface area contributed by atoms with Gasteiger partial charge in [-0.25, -0.2) is 4.39 Å². The molecule has 0 fully saturated rings. The molecule has 0 amide bonds. The van der Waals surface area contributed by atoms with Crippen molar-refractivity contribution in [3.63, 3.8) is 0 Å². The highest BCUT2D eigenvalue weighted by molar-refractivity contribution is 7.16. The largest absolute Gasteiger partial charge is 0.313 e. The van der Waals surface area contributed by atoms with Crippen LogP contribution in [0, 0.1) is 5.82 Å². The third-order valence-corrected chi connectivity index (χ3v) is 4.80. The molecule has 0 bridgehead atoms. The van der Waals surface area contributed by atoms with E-state index in [0.29, 0.717) is 12.0 Å². The van der Waals surface area contributed by atoms with Gasteiger partial charge in [0.25, 0.3) is 0 Å². The Morgan fingerprint density at radius 3 is 2.67 bits per heavy atom. The third kappa shape index (κ3) is 4.96. The number of thiophene rings is 1. The first kappa shape index (κ1) is 16.8. The van der Waals surface area contributed by atoms with Gasteiger partial charge in [-0.3, -0.25) is 0 Å². The van der Waals surface area contributed by atoms with E-state index in [-0.39, 0.29) is 16.9 Å². The normalized spacial score (nSPS) is 12.6. The minimum Gasteiger partial charge on any atom is -0.313 e. The van der Waals surface area contributed by atoms with E-state index in [0.717, 1.165) is 23.7 Å². The predicted octanol–water partition coefficient (Wildman–Crippen LogP) is 5.35. The van der Waals surface area contributed by atoms with Crippen LogP contribution in [-0.2, 0) is 12.8 Å². The van der Waals surface area contributed by atoms with E-state index < -0.39 is 0 Å². The van der Waals surface area contributed by atoms with Crippen LogP contribution in [0.4, 0.5) is 4.39 Å². The lowest BCUT2D eigenvalue weighted by molar-refractivity contribution is 0.495. The van der Waals surface area contributed by atoms with Gasteiger partial charge in [-0.1, -0.05) is 42.3 Å². The van der Waals surface area contributed by atoms with Crippen molar-refractivity contribution in [2.45, 2.75) is 32.2 Å². The summed E-state index contributed by atoms with van der Waals surface area (Å²) in [6.07, 6.45) is 2.49. The molecule has 2 aromatic rings. The first-order valence-electron chi connectivity index (χ1n) is 7.00. The van der Waals surface area contributed by atoms with Crippen LogP contribution in [0.1, 0.15) is 23.8 Å². The fraction of sp³-hybridized carbons (Fsp3) is 0.375. The van der Waals surface area contributed by atoms with Crippen LogP contribution in [0.15, 0.2) is 30.3 Å². The number of hydrogen-bond donors (Lipinski definition) is 1. The molecule has 0 aliphatic rings. The second-order valence-corrected chi connectivity index (χ2v) is 7.18. The molecule has 114 valence electrons. The van der Waals surface area contributed by atoms with Gasteiger partial charge in [-0.05, 0) is 49.6 Å². The quantitative estimate of drug-likeness (QED) is 0.713. The first-order valence-corrected chi connectivity index (χ1v) is 8.58. The zero-order valence-corrected chi connectivity index (χ0v) is 14.2. The Morgan fingerprint density at radius 2 is 2.00 bits per heavy atom.